The molecule has 1 heterocycles. The summed E-state index contributed by atoms with van der Waals surface area (Å²) in [6.07, 6.45) is 1.83. The summed E-state index contributed by atoms with van der Waals surface area (Å²) in [5, 5.41) is 3.04. The zero-order valence-electron chi connectivity index (χ0n) is 15.5. The van der Waals surface area contributed by atoms with Gasteiger partial charge in [0.05, 0.1) is 0 Å². The molecule has 1 aliphatic rings. The van der Waals surface area contributed by atoms with Crippen molar-refractivity contribution in [3.05, 3.63) is 59.7 Å². The quantitative estimate of drug-likeness (QED) is 0.825. The number of rotatable bonds is 6. The van der Waals surface area contributed by atoms with Crippen molar-refractivity contribution in [1.82, 2.24) is 4.90 Å². The number of hydrogen-bond donors (Lipinski definition) is 1. The van der Waals surface area contributed by atoms with Crippen molar-refractivity contribution < 1.29 is 13.2 Å². The molecule has 2 aromatic rings. The lowest BCUT2D eigenvalue weighted by atomic mass is 10.1. The highest BCUT2D eigenvalue weighted by Crippen LogP contribution is 2.26. The first kappa shape index (κ1) is 19.1. The fourth-order valence-electron chi connectivity index (χ4n) is 3.07. The second kappa shape index (κ2) is 7.92. The molecular formula is C20H23N3O3S. The summed E-state index contributed by atoms with van der Waals surface area (Å²) in [6.45, 7) is 5.57. The standard InChI is InChI=1S/C20H23N3O3S/c1-3-13-23(14-4-2)20(24)15-9-11-16(12-10-15)21-19-17-7-5-6-8-18(17)27(25,26)22-19/h5-12H,3-4,13-14H2,1-2H3,(H,21,22). The number of sulfonamides is 1. The smallest absolute Gasteiger partial charge is 0.285 e. The van der Waals surface area contributed by atoms with Gasteiger partial charge in [0.15, 0.2) is 5.84 Å². The normalized spacial score (nSPS) is 14.4. The number of amides is 1. The number of carbonyl (C=O) groups is 1. The third-order valence-electron chi connectivity index (χ3n) is 4.30. The molecule has 0 radical (unpaired) electrons. The molecule has 1 aliphatic heterocycles. The predicted molar refractivity (Wildman–Crippen MR) is 107 cm³/mol. The summed E-state index contributed by atoms with van der Waals surface area (Å²) >= 11 is 0. The minimum atomic E-state index is -3.66. The Morgan fingerprint density at radius 2 is 1.63 bits per heavy atom. The van der Waals surface area contributed by atoms with Gasteiger partial charge in [-0.05, 0) is 49.2 Å². The van der Waals surface area contributed by atoms with E-state index >= 15 is 0 Å². The third kappa shape index (κ3) is 4.03. The molecule has 0 spiro atoms. The predicted octanol–water partition coefficient (Wildman–Crippen LogP) is 3.51. The molecule has 0 unspecified atom stereocenters. The van der Waals surface area contributed by atoms with Crippen LogP contribution in [-0.4, -0.2) is 38.2 Å². The van der Waals surface area contributed by atoms with E-state index in [1.807, 2.05) is 4.90 Å². The van der Waals surface area contributed by atoms with Gasteiger partial charge < -0.3 is 10.2 Å². The van der Waals surface area contributed by atoms with Gasteiger partial charge in [-0.15, -0.1) is 4.40 Å². The number of benzene rings is 2. The van der Waals surface area contributed by atoms with Gasteiger partial charge in [-0.3, -0.25) is 4.79 Å². The van der Waals surface area contributed by atoms with Gasteiger partial charge in [-0.1, -0.05) is 26.0 Å². The highest BCUT2D eigenvalue weighted by Gasteiger charge is 2.28. The topological polar surface area (TPSA) is 78.8 Å². The van der Waals surface area contributed by atoms with E-state index in [0.717, 1.165) is 25.9 Å². The monoisotopic (exact) mass is 385 g/mol. The lowest BCUT2D eigenvalue weighted by Gasteiger charge is -2.21. The van der Waals surface area contributed by atoms with E-state index in [9.17, 15) is 13.2 Å². The number of nitrogens with zero attached hydrogens (tertiary/aromatic N) is 2. The number of fused-ring (bicyclic) bond motifs is 1. The summed E-state index contributed by atoms with van der Waals surface area (Å²) in [5.74, 6) is 0.305. The first-order valence-electron chi connectivity index (χ1n) is 9.07. The molecule has 0 aliphatic carbocycles. The molecule has 7 heteroatoms. The Balaban J connectivity index is 1.78. The van der Waals surface area contributed by atoms with Crippen molar-refractivity contribution in [2.24, 2.45) is 4.40 Å². The van der Waals surface area contributed by atoms with Gasteiger partial charge in [0.2, 0.25) is 0 Å². The molecule has 0 bridgehead atoms. The van der Waals surface area contributed by atoms with Crippen LogP contribution in [0.3, 0.4) is 0 Å². The summed E-state index contributed by atoms with van der Waals surface area (Å²) in [5.41, 5.74) is 1.84. The van der Waals surface area contributed by atoms with Crippen LogP contribution < -0.4 is 5.32 Å². The number of anilines is 1. The van der Waals surface area contributed by atoms with Crippen LogP contribution in [0.2, 0.25) is 0 Å². The Kier molecular flexibility index (Phi) is 5.60. The lowest BCUT2D eigenvalue weighted by molar-refractivity contribution is 0.0755. The molecule has 142 valence electrons. The highest BCUT2D eigenvalue weighted by atomic mass is 32.2. The fraction of sp³-hybridized carbons (Fsp3) is 0.300. The third-order valence-corrected chi connectivity index (χ3v) is 5.64. The SMILES string of the molecule is CCCN(CCC)C(=O)c1ccc(NC2=NS(=O)(=O)c3ccccc32)cc1. The Morgan fingerprint density at radius 3 is 2.26 bits per heavy atom. The van der Waals surface area contributed by atoms with Crippen LogP contribution in [0.4, 0.5) is 5.69 Å². The maximum absolute atomic E-state index is 12.6. The zero-order chi connectivity index (χ0) is 19.4. The summed E-state index contributed by atoms with van der Waals surface area (Å²) < 4.78 is 28.1. The molecule has 6 nitrogen and oxygen atoms in total. The van der Waals surface area contributed by atoms with Gasteiger partial charge in [-0.2, -0.15) is 8.42 Å². The van der Waals surface area contributed by atoms with Crippen LogP contribution >= 0.6 is 0 Å². The van der Waals surface area contributed by atoms with Crippen LogP contribution in [0.25, 0.3) is 0 Å². The Morgan fingerprint density at radius 1 is 1.00 bits per heavy atom. The molecule has 3 rings (SSSR count). The minimum absolute atomic E-state index is 0.0105. The van der Waals surface area contributed by atoms with E-state index in [-0.39, 0.29) is 10.8 Å². The van der Waals surface area contributed by atoms with E-state index < -0.39 is 10.0 Å². The molecule has 1 N–H and O–H groups in total. The molecule has 0 saturated heterocycles. The van der Waals surface area contributed by atoms with Gasteiger partial charge in [0.25, 0.3) is 15.9 Å². The van der Waals surface area contributed by atoms with Crippen molar-refractivity contribution in [3.63, 3.8) is 0 Å². The van der Waals surface area contributed by atoms with E-state index in [2.05, 4.69) is 23.6 Å². The summed E-state index contributed by atoms with van der Waals surface area (Å²) in [4.78, 5) is 14.7. The van der Waals surface area contributed by atoms with E-state index in [4.69, 9.17) is 0 Å². The van der Waals surface area contributed by atoms with Crippen LogP contribution in [-0.2, 0) is 10.0 Å². The largest absolute Gasteiger partial charge is 0.339 e. The molecule has 27 heavy (non-hydrogen) atoms. The number of carbonyl (C=O) groups excluding carboxylic acids is 1. The van der Waals surface area contributed by atoms with E-state index in [1.54, 1.807) is 48.5 Å². The second-order valence-electron chi connectivity index (χ2n) is 6.41. The van der Waals surface area contributed by atoms with E-state index in [0.29, 0.717) is 22.6 Å². The Bertz CT molecular complexity index is 960. The lowest BCUT2D eigenvalue weighted by Crippen LogP contribution is -2.32. The van der Waals surface area contributed by atoms with Crippen molar-refractivity contribution in [2.75, 3.05) is 18.4 Å². The van der Waals surface area contributed by atoms with Gasteiger partial charge >= 0.3 is 0 Å². The van der Waals surface area contributed by atoms with Crippen molar-refractivity contribution in [1.29, 1.82) is 0 Å². The highest BCUT2D eigenvalue weighted by molar-refractivity contribution is 7.90. The average molecular weight is 385 g/mol. The number of amidine groups is 1. The van der Waals surface area contributed by atoms with Gasteiger partial charge in [0.1, 0.15) is 4.90 Å². The van der Waals surface area contributed by atoms with E-state index in [1.165, 1.54) is 0 Å². The Hall–Kier alpha value is -2.67. The van der Waals surface area contributed by atoms with Gasteiger partial charge in [0, 0.05) is 29.9 Å². The molecular weight excluding hydrogens is 362 g/mol. The van der Waals surface area contributed by atoms with Gasteiger partial charge in [-0.25, -0.2) is 0 Å². The van der Waals surface area contributed by atoms with Crippen molar-refractivity contribution >= 4 is 27.5 Å². The Labute approximate surface area is 160 Å². The summed E-state index contributed by atoms with van der Waals surface area (Å²) in [6, 6.07) is 13.7. The average Bonchev–Trinajstić information content (AvgIpc) is 2.92. The molecule has 0 saturated carbocycles. The maximum atomic E-state index is 12.6. The molecule has 1 amide bonds. The molecule has 0 fully saturated rings. The first-order chi connectivity index (χ1) is 13.0. The molecule has 0 aromatic heterocycles. The number of hydrogen-bond acceptors (Lipinski definition) is 4. The van der Waals surface area contributed by atoms with Crippen LogP contribution in [0.1, 0.15) is 42.6 Å². The zero-order valence-corrected chi connectivity index (χ0v) is 16.3. The number of nitrogens with one attached hydrogen (secondary N) is 1. The summed E-state index contributed by atoms with van der Waals surface area (Å²) in [7, 11) is -3.66. The van der Waals surface area contributed by atoms with Crippen molar-refractivity contribution in [2.45, 2.75) is 31.6 Å². The van der Waals surface area contributed by atoms with Crippen molar-refractivity contribution in [3.8, 4) is 0 Å². The van der Waals surface area contributed by atoms with Crippen LogP contribution in [0, 0.1) is 0 Å². The van der Waals surface area contributed by atoms with Crippen LogP contribution in [0.15, 0.2) is 57.8 Å². The second-order valence-corrected chi connectivity index (χ2v) is 7.98. The molecule has 2 aromatic carbocycles. The fourth-order valence-corrected chi connectivity index (χ4v) is 4.24. The minimum Gasteiger partial charge on any atom is -0.339 e. The maximum Gasteiger partial charge on any atom is 0.285 e. The first-order valence-corrected chi connectivity index (χ1v) is 10.5. The molecule has 0 atom stereocenters. The van der Waals surface area contributed by atoms with Crippen LogP contribution in [0.5, 0.6) is 0 Å².